The first kappa shape index (κ1) is 13.6. The highest BCUT2D eigenvalue weighted by atomic mass is 35.5. The second-order valence-corrected chi connectivity index (χ2v) is 5.14. The summed E-state index contributed by atoms with van der Waals surface area (Å²) in [5.74, 6) is 0.103. The minimum atomic E-state index is -0.392. The van der Waals surface area contributed by atoms with Gasteiger partial charge in [-0.1, -0.05) is 41.0 Å². The van der Waals surface area contributed by atoms with Crippen molar-refractivity contribution in [3.63, 3.8) is 0 Å². The van der Waals surface area contributed by atoms with Crippen LogP contribution < -0.4 is 5.73 Å². The number of benzene rings is 2. The Morgan fingerprint density at radius 3 is 2.62 bits per heavy atom. The summed E-state index contributed by atoms with van der Waals surface area (Å²) in [7, 11) is 0. The highest BCUT2D eigenvalue weighted by Crippen LogP contribution is 2.40. The minimum Gasteiger partial charge on any atom is -0.380 e. The maximum absolute atomic E-state index is 14.0. The maximum atomic E-state index is 14.0. The van der Waals surface area contributed by atoms with Crippen molar-refractivity contribution in [3.8, 4) is 22.5 Å². The molecule has 1 heterocycles. The molecule has 3 nitrogen and oxygen atoms in total. The molecule has 0 radical (unpaired) electrons. The molecule has 3 rings (SSSR count). The van der Waals surface area contributed by atoms with Crippen molar-refractivity contribution < 1.29 is 8.91 Å². The van der Waals surface area contributed by atoms with Crippen molar-refractivity contribution in [1.29, 1.82) is 0 Å². The zero-order valence-corrected chi connectivity index (χ0v) is 12.0. The molecule has 3 aromatic rings. The number of hydrogen-bond acceptors (Lipinski definition) is 3. The molecule has 2 N–H and O–H groups in total. The van der Waals surface area contributed by atoms with E-state index in [4.69, 9.17) is 21.9 Å². The van der Waals surface area contributed by atoms with Gasteiger partial charge in [-0.2, -0.15) is 0 Å². The van der Waals surface area contributed by atoms with Crippen molar-refractivity contribution in [2.45, 2.75) is 6.92 Å². The number of rotatable bonds is 2. The summed E-state index contributed by atoms with van der Waals surface area (Å²) in [5, 5.41) is 4.25. The lowest BCUT2D eigenvalue weighted by atomic mass is 10.0. The van der Waals surface area contributed by atoms with Gasteiger partial charge < -0.3 is 10.3 Å². The fourth-order valence-electron chi connectivity index (χ4n) is 2.21. The molecule has 2 aromatic carbocycles. The summed E-state index contributed by atoms with van der Waals surface area (Å²) in [6.45, 7) is 1.93. The van der Waals surface area contributed by atoms with Gasteiger partial charge in [0.2, 0.25) is 0 Å². The molecule has 0 saturated heterocycles. The van der Waals surface area contributed by atoms with E-state index in [9.17, 15) is 4.39 Å². The van der Waals surface area contributed by atoms with Crippen LogP contribution in [0.4, 0.5) is 10.2 Å². The Kier molecular flexibility index (Phi) is 3.39. The van der Waals surface area contributed by atoms with Gasteiger partial charge in [0, 0.05) is 11.1 Å². The van der Waals surface area contributed by atoms with Gasteiger partial charge in [-0.25, -0.2) is 4.39 Å². The van der Waals surface area contributed by atoms with Crippen LogP contribution in [0.2, 0.25) is 5.02 Å². The van der Waals surface area contributed by atoms with Crippen molar-refractivity contribution in [2.75, 3.05) is 5.73 Å². The van der Waals surface area contributed by atoms with Crippen LogP contribution in [-0.4, -0.2) is 5.16 Å². The third-order valence-corrected chi connectivity index (χ3v) is 3.54. The Balaban J connectivity index is 2.25. The minimum absolute atomic E-state index is 0.131. The molecule has 0 saturated carbocycles. The van der Waals surface area contributed by atoms with Crippen molar-refractivity contribution in [1.82, 2.24) is 5.16 Å². The molecule has 0 unspecified atom stereocenters. The Morgan fingerprint density at radius 1 is 1.14 bits per heavy atom. The summed E-state index contributed by atoms with van der Waals surface area (Å²) in [6, 6.07) is 11.8. The quantitative estimate of drug-likeness (QED) is 0.747. The molecule has 0 aliphatic carbocycles. The smallest absolute Gasteiger partial charge is 0.178 e. The standard InChI is InChI=1S/C16H12ClFN2O/c1-9-6-7-10(12(17)8-9)15-14(16(19)20-21-15)11-4-2-3-5-13(11)18/h2-8H,1H3,(H2,19,20). The van der Waals surface area contributed by atoms with E-state index in [0.717, 1.165) is 5.56 Å². The topological polar surface area (TPSA) is 52.0 Å². The lowest BCUT2D eigenvalue weighted by Gasteiger charge is -2.06. The van der Waals surface area contributed by atoms with E-state index in [1.54, 1.807) is 24.3 Å². The molecule has 0 atom stereocenters. The molecule has 0 spiro atoms. The van der Waals surface area contributed by atoms with Gasteiger partial charge in [0.05, 0.1) is 10.6 Å². The third-order valence-electron chi connectivity index (χ3n) is 3.23. The van der Waals surface area contributed by atoms with Crippen LogP contribution in [0.3, 0.4) is 0 Å². The monoisotopic (exact) mass is 302 g/mol. The van der Waals surface area contributed by atoms with Gasteiger partial charge in [-0.05, 0) is 30.7 Å². The average molecular weight is 303 g/mol. The van der Waals surface area contributed by atoms with E-state index in [1.165, 1.54) is 6.07 Å². The number of hydrogen-bond donors (Lipinski definition) is 1. The first-order valence-electron chi connectivity index (χ1n) is 6.34. The lowest BCUT2D eigenvalue weighted by molar-refractivity contribution is 0.436. The number of aromatic nitrogens is 1. The van der Waals surface area contributed by atoms with E-state index >= 15 is 0 Å². The Labute approximate surface area is 126 Å². The summed E-state index contributed by atoms with van der Waals surface area (Å²) in [4.78, 5) is 0. The second-order valence-electron chi connectivity index (χ2n) is 4.74. The number of nitrogens with two attached hydrogens (primary N) is 1. The normalized spacial score (nSPS) is 10.8. The molecule has 0 aliphatic heterocycles. The molecule has 0 fully saturated rings. The molecular formula is C16H12ClFN2O. The summed E-state index contributed by atoms with van der Waals surface area (Å²) in [5.41, 5.74) is 8.24. The fourth-order valence-corrected chi connectivity index (χ4v) is 2.54. The van der Waals surface area contributed by atoms with Crippen LogP contribution in [0.25, 0.3) is 22.5 Å². The highest BCUT2D eigenvalue weighted by Gasteiger charge is 2.21. The van der Waals surface area contributed by atoms with E-state index in [1.807, 2.05) is 19.1 Å². The van der Waals surface area contributed by atoms with E-state index in [0.29, 0.717) is 27.5 Å². The van der Waals surface area contributed by atoms with E-state index in [2.05, 4.69) is 5.16 Å². The van der Waals surface area contributed by atoms with Crippen LogP contribution in [0.15, 0.2) is 47.0 Å². The third kappa shape index (κ3) is 2.38. The molecule has 21 heavy (non-hydrogen) atoms. The SMILES string of the molecule is Cc1ccc(-c2onc(N)c2-c2ccccc2F)c(Cl)c1. The van der Waals surface area contributed by atoms with Crippen LogP contribution >= 0.6 is 11.6 Å². The molecule has 0 aliphatic rings. The van der Waals surface area contributed by atoms with Gasteiger partial charge in [0.1, 0.15) is 5.82 Å². The largest absolute Gasteiger partial charge is 0.380 e. The molecule has 5 heteroatoms. The summed E-state index contributed by atoms with van der Waals surface area (Å²) >= 11 is 6.25. The molecule has 0 amide bonds. The van der Waals surface area contributed by atoms with E-state index < -0.39 is 5.82 Å². The van der Waals surface area contributed by atoms with Gasteiger partial charge in [0.15, 0.2) is 11.6 Å². The zero-order chi connectivity index (χ0) is 15.0. The number of halogens is 2. The van der Waals surface area contributed by atoms with Crippen molar-refractivity contribution in [3.05, 3.63) is 58.9 Å². The highest BCUT2D eigenvalue weighted by molar-refractivity contribution is 6.33. The predicted octanol–water partition coefficient (Wildman–Crippen LogP) is 4.69. The van der Waals surface area contributed by atoms with Crippen LogP contribution in [0.5, 0.6) is 0 Å². The zero-order valence-electron chi connectivity index (χ0n) is 11.2. The Bertz CT molecular complexity index is 814. The van der Waals surface area contributed by atoms with E-state index in [-0.39, 0.29) is 5.82 Å². The average Bonchev–Trinajstić information content (AvgIpc) is 2.81. The molecule has 1 aromatic heterocycles. The maximum Gasteiger partial charge on any atom is 0.178 e. The summed E-state index contributed by atoms with van der Waals surface area (Å²) in [6.07, 6.45) is 0. The number of aryl methyl sites for hydroxylation is 1. The van der Waals surface area contributed by atoms with Crippen molar-refractivity contribution >= 4 is 17.4 Å². The van der Waals surface area contributed by atoms with Gasteiger partial charge in [0.25, 0.3) is 0 Å². The fraction of sp³-hybridized carbons (Fsp3) is 0.0625. The Morgan fingerprint density at radius 2 is 1.90 bits per heavy atom. The molecular weight excluding hydrogens is 291 g/mol. The van der Waals surface area contributed by atoms with Crippen LogP contribution in [0.1, 0.15) is 5.56 Å². The number of nitrogens with zero attached hydrogens (tertiary/aromatic N) is 1. The Hall–Kier alpha value is -2.33. The lowest BCUT2D eigenvalue weighted by Crippen LogP contribution is -1.91. The first-order chi connectivity index (χ1) is 10.1. The number of anilines is 1. The van der Waals surface area contributed by atoms with Gasteiger partial charge >= 0.3 is 0 Å². The number of nitrogen functional groups attached to an aromatic ring is 1. The van der Waals surface area contributed by atoms with Crippen molar-refractivity contribution in [2.24, 2.45) is 0 Å². The molecule has 106 valence electrons. The van der Waals surface area contributed by atoms with Gasteiger partial charge in [-0.15, -0.1) is 0 Å². The van der Waals surface area contributed by atoms with Gasteiger partial charge in [-0.3, -0.25) is 0 Å². The predicted molar refractivity (Wildman–Crippen MR) is 81.5 cm³/mol. The van der Waals surface area contributed by atoms with Crippen LogP contribution in [0, 0.1) is 12.7 Å². The van der Waals surface area contributed by atoms with Crippen LogP contribution in [-0.2, 0) is 0 Å². The summed E-state index contributed by atoms with van der Waals surface area (Å²) < 4.78 is 19.3. The molecule has 0 bridgehead atoms. The second kappa shape index (κ2) is 5.22. The first-order valence-corrected chi connectivity index (χ1v) is 6.72.